The summed E-state index contributed by atoms with van der Waals surface area (Å²) in [7, 11) is 0. The number of furan rings is 1. The van der Waals surface area contributed by atoms with Crippen LogP contribution in [0.5, 0.6) is 0 Å². The first-order valence-electron chi connectivity index (χ1n) is 8.70. The van der Waals surface area contributed by atoms with Crippen LogP contribution in [0.3, 0.4) is 0 Å². The number of carbonyl (C=O) groups is 2. The zero-order valence-corrected chi connectivity index (χ0v) is 14.6. The number of nitrogens with zero attached hydrogens (tertiary/aromatic N) is 3. The van der Waals surface area contributed by atoms with Crippen molar-refractivity contribution in [1.82, 2.24) is 15.1 Å². The third-order valence-electron chi connectivity index (χ3n) is 4.59. The number of esters is 1. The van der Waals surface area contributed by atoms with E-state index in [9.17, 15) is 9.59 Å². The minimum Gasteiger partial charge on any atom is -0.467 e. The second-order valence-electron chi connectivity index (χ2n) is 6.05. The van der Waals surface area contributed by atoms with Crippen LogP contribution in [-0.4, -0.2) is 67.0 Å². The quantitative estimate of drug-likeness (QED) is 0.634. The molecule has 136 valence electrons. The Bertz CT molecular complexity index is 635. The lowest BCUT2D eigenvalue weighted by molar-refractivity contribution is -0.153. The standard InChI is InChI=1S/C17H24N4O4/c1-3-20-7-9-21(10-8-20)17-18-14(12-6-5-11-25-12)13(15(22)19-17)16(23)24-4-2/h5-6,11,13-14H,3-4,7-10H2,1-2H3,(H,18,19,22). The van der Waals surface area contributed by atoms with E-state index in [4.69, 9.17) is 9.15 Å². The fourth-order valence-corrected chi connectivity index (χ4v) is 3.16. The molecular formula is C17H24N4O4. The zero-order valence-electron chi connectivity index (χ0n) is 14.6. The van der Waals surface area contributed by atoms with Crippen molar-refractivity contribution >= 4 is 17.8 Å². The number of guanidine groups is 1. The maximum Gasteiger partial charge on any atom is 0.321 e. The third kappa shape index (κ3) is 3.68. The Morgan fingerprint density at radius 3 is 2.72 bits per heavy atom. The van der Waals surface area contributed by atoms with Crippen LogP contribution in [0.15, 0.2) is 27.8 Å². The van der Waals surface area contributed by atoms with Crippen LogP contribution >= 0.6 is 0 Å². The van der Waals surface area contributed by atoms with Crippen LogP contribution in [0.25, 0.3) is 0 Å². The zero-order chi connectivity index (χ0) is 17.8. The molecule has 25 heavy (non-hydrogen) atoms. The van der Waals surface area contributed by atoms with Crippen molar-refractivity contribution in [2.75, 3.05) is 39.3 Å². The predicted molar refractivity (Wildman–Crippen MR) is 90.8 cm³/mol. The predicted octanol–water partition coefficient (Wildman–Crippen LogP) is 0.623. The summed E-state index contributed by atoms with van der Waals surface area (Å²) >= 11 is 0. The second kappa shape index (κ2) is 7.69. The molecule has 1 amide bonds. The first kappa shape index (κ1) is 17.5. The van der Waals surface area contributed by atoms with Gasteiger partial charge in [-0.15, -0.1) is 0 Å². The molecule has 2 aliphatic heterocycles. The molecule has 0 aliphatic carbocycles. The van der Waals surface area contributed by atoms with Crippen LogP contribution < -0.4 is 5.32 Å². The number of likely N-dealkylation sites (N-methyl/N-ethyl adjacent to an activating group) is 1. The van der Waals surface area contributed by atoms with Gasteiger partial charge in [0.25, 0.3) is 0 Å². The van der Waals surface area contributed by atoms with Crippen LogP contribution in [0, 0.1) is 5.92 Å². The van der Waals surface area contributed by atoms with E-state index in [1.54, 1.807) is 19.1 Å². The number of rotatable bonds is 4. The Labute approximate surface area is 146 Å². The van der Waals surface area contributed by atoms with Gasteiger partial charge in [-0.2, -0.15) is 0 Å². The topological polar surface area (TPSA) is 87.4 Å². The molecule has 0 bridgehead atoms. The van der Waals surface area contributed by atoms with Gasteiger partial charge in [-0.05, 0) is 25.6 Å². The van der Waals surface area contributed by atoms with Crippen LogP contribution in [0.1, 0.15) is 25.6 Å². The lowest BCUT2D eigenvalue weighted by Crippen LogP contribution is -2.57. The summed E-state index contributed by atoms with van der Waals surface area (Å²) in [6, 6.07) is 2.74. The Kier molecular flexibility index (Phi) is 5.37. The summed E-state index contributed by atoms with van der Waals surface area (Å²) < 4.78 is 10.5. The minimum absolute atomic E-state index is 0.211. The van der Waals surface area contributed by atoms with Crippen molar-refractivity contribution < 1.29 is 18.7 Å². The fraction of sp³-hybridized carbons (Fsp3) is 0.588. The summed E-state index contributed by atoms with van der Waals surface area (Å²) in [5, 5.41) is 2.78. The van der Waals surface area contributed by atoms with Crippen LogP contribution in [-0.2, 0) is 14.3 Å². The summed E-state index contributed by atoms with van der Waals surface area (Å²) in [4.78, 5) is 33.9. The van der Waals surface area contributed by atoms with Gasteiger partial charge in [-0.25, -0.2) is 4.99 Å². The lowest BCUT2D eigenvalue weighted by atomic mass is 9.95. The van der Waals surface area contributed by atoms with E-state index < -0.39 is 23.8 Å². The molecule has 3 heterocycles. The van der Waals surface area contributed by atoms with Crippen LogP contribution in [0.2, 0.25) is 0 Å². The summed E-state index contributed by atoms with van der Waals surface area (Å²) in [6.45, 7) is 8.45. The summed E-state index contributed by atoms with van der Waals surface area (Å²) in [5.74, 6) is -1.03. The molecule has 8 heteroatoms. The molecule has 2 atom stereocenters. The van der Waals surface area contributed by atoms with Gasteiger partial charge in [0.1, 0.15) is 11.8 Å². The van der Waals surface area contributed by atoms with Crippen LogP contribution in [0.4, 0.5) is 0 Å². The minimum atomic E-state index is -1.04. The molecule has 1 fully saturated rings. The van der Waals surface area contributed by atoms with E-state index in [2.05, 4.69) is 22.1 Å². The number of hydrogen-bond acceptors (Lipinski definition) is 7. The van der Waals surface area contributed by atoms with E-state index >= 15 is 0 Å². The Balaban J connectivity index is 1.85. The van der Waals surface area contributed by atoms with Gasteiger partial charge < -0.3 is 19.0 Å². The SMILES string of the molecule is CCOC(=O)C1C(=O)NC(N2CCN(CC)CC2)=NC1c1ccco1. The van der Waals surface area contributed by atoms with Gasteiger partial charge in [0.15, 0.2) is 5.92 Å². The highest BCUT2D eigenvalue weighted by atomic mass is 16.5. The van der Waals surface area contributed by atoms with Gasteiger partial charge in [-0.3, -0.25) is 14.9 Å². The molecular weight excluding hydrogens is 324 g/mol. The molecule has 2 aliphatic rings. The Morgan fingerprint density at radius 2 is 2.12 bits per heavy atom. The van der Waals surface area contributed by atoms with Crippen molar-refractivity contribution in [2.45, 2.75) is 19.9 Å². The highest BCUT2D eigenvalue weighted by molar-refractivity contribution is 6.08. The first-order valence-corrected chi connectivity index (χ1v) is 8.70. The average Bonchev–Trinajstić information content (AvgIpc) is 3.16. The molecule has 3 rings (SSSR count). The molecule has 0 radical (unpaired) electrons. The largest absolute Gasteiger partial charge is 0.467 e. The molecule has 2 unspecified atom stereocenters. The molecule has 8 nitrogen and oxygen atoms in total. The fourth-order valence-electron chi connectivity index (χ4n) is 3.16. The van der Waals surface area contributed by atoms with Crippen molar-refractivity contribution in [1.29, 1.82) is 0 Å². The van der Waals surface area contributed by atoms with Crippen molar-refractivity contribution in [3.8, 4) is 0 Å². The third-order valence-corrected chi connectivity index (χ3v) is 4.59. The number of nitrogens with one attached hydrogen (secondary N) is 1. The number of ether oxygens (including phenoxy) is 1. The normalized spacial score (nSPS) is 24.6. The molecule has 0 spiro atoms. The van der Waals surface area contributed by atoms with Crippen molar-refractivity contribution in [3.63, 3.8) is 0 Å². The van der Waals surface area contributed by atoms with E-state index in [1.807, 2.05) is 4.90 Å². The van der Waals surface area contributed by atoms with Gasteiger partial charge in [0, 0.05) is 26.2 Å². The van der Waals surface area contributed by atoms with E-state index in [0.29, 0.717) is 11.7 Å². The second-order valence-corrected chi connectivity index (χ2v) is 6.05. The molecule has 1 aromatic heterocycles. The van der Waals surface area contributed by atoms with Crippen molar-refractivity contribution in [3.05, 3.63) is 24.2 Å². The Hall–Kier alpha value is -2.35. The highest BCUT2D eigenvalue weighted by Crippen LogP contribution is 2.31. The molecule has 0 saturated carbocycles. The molecule has 1 N–H and O–H groups in total. The van der Waals surface area contributed by atoms with Gasteiger partial charge in [-0.1, -0.05) is 6.92 Å². The number of piperazine rings is 1. The number of hydrogen-bond donors (Lipinski definition) is 1. The van der Waals surface area contributed by atoms with E-state index in [-0.39, 0.29) is 6.61 Å². The van der Waals surface area contributed by atoms with Gasteiger partial charge >= 0.3 is 5.97 Å². The van der Waals surface area contributed by atoms with Gasteiger partial charge in [0.2, 0.25) is 11.9 Å². The summed E-state index contributed by atoms with van der Waals surface area (Å²) in [5.41, 5.74) is 0. The van der Waals surface area contributed by atoms with Gasteiger partial charge in [0.05, 0.1) is 12.9 Å². The smallest absolute Gasteiger partial charge is 0.321 e. The number of aliphatic imine (C=N–C) groups is 1. The maximum atomic E-state index is 12.6. The molecule has 1 saturated heterocycles. The first-order chi connectivity index (χ1) is 12.1. The monoisotopic (exact) mass is 348 g/mol. The maximum absolute atomic E-state index is 12.6. The number of amides is 1. The highest BCUT2D eigenvalue weighted by Gasteiger charge is 2.43. The summed E-state index contributed by atoms with van der Waals surface area (Å²) in [6.07, 6.45) is 1.51. The van der Waals surface area contributed by atoms with E-state index in [0.717, 1.165) is 32.7 Å². The number of carbonyl (C=O) groups excluding carboxylic acids is 2. The van der Waals surface area contributed by atoms with E-state index in [1.165, 1.54) is 6.26 Å². The molecule has 1 aromatic rings. The van der Waals surface area contributed by atoms with Crippen molar-refractivity contribution in [2.24, 2.45) is 10.9 Å². The average molecular weight is 348 g/mol. The molecule has 0 aromatic carbocycles. The Morgan fingerprint density at radius 1 is 1.36 bits per heavy atom. The lowest BCUT2D eigenvalue weighted by Gasteiger charge is -2.38.